The number of carbonyl (C=O) groups is 2. The van der Waals surface area contributed by atoms with Crippen molar-refractivity contribution in [3.63, 3.8) is 0 Å². The lowest BCUT2D eigenvalue weighted by molar-refractivity contribution is -0.384. The number of non-ortho nitro benzene ring substituents is 1. The fourth-order valence-electron chi connectivity index (χ4n) is 4.32. The Kier molecular flexibility index (Phi) is 5.48. The minimum Gasteiger partial charge on any atom is -0.457 e. The summed E-state index contributed by atoms with van der Waals surface area (Å²) >= 11 is 1.46. The molecule has 2 aromatic heterocycles. The standard InChI is InChI=1S/C23H22N4O6S/c1-3-32-23(29)26-9-8-15-18(11-26)34-22-19(15)21(28)24-20(25-22)17-7-6-16(33-17)14-5-4-13(27(30)31)10-12(14)2/h4-7,10,20,25H,3,8-9,11H2,1-2H3,(H,24,28). The molecular weight excluding hydrogens is 460 g/mol. The number of ether oxygens (including phenoxy) is 1. The summed E-state index contributed by atoms with van der Waals surface area (Å²) < 4.78 is 11.1. The van der Waals surface area contributed by atoms with Crippen molar-refractivity contribution >= 4 is 34.0 Å². The Bertz CT molecular complexity index is 1310. The molecule has 0 aliphatic carbocycles. The zero-order chi connectivity index (χ0) is 24.0. The number of hydrogen-bond acceptors (Lipinski definition) is 8. The first-order chi connectivity index (χ1) is 16.4. The molecule has 1 unspecified atom stereocenters. The molecule has 34 heavy (non-hydrogen) atoms. The van der Waals surface area contributed by atoms with Crippen molar-refractivity contribution in [3.05, 3.63) is 67.8 Å². The summed E-state index contributed by atoms with van der Waals surface area (Å²) in [6, 6.07) is 8.15. The van der Waals surface area contributed by atoms with E-state index >= 15 is 0 Å². The van der Waals surface area contributed by atoms with Crippen molar-refractivity contribution in [2.24, 2.45) is 0 Å². The van der Waals surface area contributed by atoms with Gasteiger partial charge in [-0.2, -0.15) is 0 Å². The Hall–Kier alpha value is -3.86. The maximum Gasteiger partial charge on any atom is 0.410 e. The van der Waals surface area contributed by atoms with Crippen molar-refractivity contribution in [1.29, 1.82) is 0 Å². The molecule has 0 bridgehead atoms. The number of thiophene rings is 1. The van der Waals surface area contributed by atoms with Crippen LogP contribution in [-0.4, -0.2) is 35.0 Å². The van der Waals surface area contributed by atoms with Gasteiger partial charge < -0.3 is 24.7 Å². The van der Waals surface area contributed by atoms with E-state index in [1.807, 2.05) is 0 Å². The van der Waals surface area contributed by atoms with E-state index in [1.165, 1.54) is 23.5 Å². The first kappa shape index (κ1) is 22.0. The highest BCUT2D eigenvalue weighted by Gasteiger charge is 2.35. The van der Waals surface area contributed by atoms with E-state index in [4.69, 9.17) is 9.15 Å². The van der Waals surface area contributed by atoms with Gasteiger partial charge in [0.15, 0.2) is 6.17 Å². The molecule has 5 rings (SSSR count). The summed E-state index contributed by atoms with van der Waals surface area (Å²) in [5.41, 5.74) is 3.06. The summed E-state index contributed by atoms with van der Waals surface area (Å²) in [5.74, 6) is 0.886. The van der Waals surface area contributed by atoms with Crippen LogP contribution in [0.1, 0.15) is 45.2 Å². The lowest BCUT2D eigenvalue weighted by atomic mass is 10.0. The normalized spacial score (nSPS) is 16.8. The minimum absolute atomic E-state index is 0.0185. The Morgan fingerprint density at radius 3 is 2.88 bits per heavy atom. The van der Waals surface area contributed by atoms with Crippen LogP contribution in [0.5, 0.6) is 0 Å². The molecule has 2 aliphatic rings. The molecule has 0 saturated carbocycles. The van der Waals surface area contributed by atoms with Crippen LogP contribution in [0.4, 0.5) is 15.5 Å². The van der Waals surface area contributed by atoms with Crippen molar-refractivity contribution in [2.75, 3.05) is 18.5 Å². The van der Waals surface area contributed by atoms with Gasteiger partial charge in [-0.25, -0.2) is 4.79 Å². The van der Waals surface area contributed by atoms with E-state index in [9.17, 15) is 19.7 Å². The number of fused-ring (bicyclic) bond motifs is 3. The zero-order valence-electron chi connectivity index (χ0n) is 18.5. The highest BCUT2D eigenvalue weighted by molar-refractivity contribution is 7.16. The number of nitro benzene ring substituents is 1. The van der Waals surface area contributed by atoms with Crippen LogP contribution in [0, 0.1) is 17.0 Å². The number of carbonyl (C=O) groups excluding carboxylic acids is 2. The third-order valence-corrected chi connectivity index (χ3v) is 7.11. The Morgan fingerprint density at radius 2 is 2.15 bits per heavy atom. The minimum atomic E-state index is -0.562. The molecule has 2 aliphatic heterocycles. The molecule has 3 aromatic rings. The van der Waals surface area contributed by atoms with Gasteiger partial charge in [-0.3, -0.25) is 14.9 Å². The number of nitro groups is 1. The number of amides is 2. The van der Waals surface area contributed by atoms with Crippen LogP contribution >= 0.6 is 11.3 Å². The smallest absolute Gasteiger partial charge is 0.410 e. The molecule has 11 heteroatoms. The molecule has 0 fully saturated rings. The van der Waals surface area contributed by atoms with Crippen LogP contribution in [0.3, 0.4) is 0 Å². The van der Waals surface area contributed by atoms with E-state index in [0.29, 0.717) is 43.2 Å². The SMILES string of the molecule is CCOC(=O)N1CCc2c(sc3c2C(=O)NC(c2ccc(-c4ccc([N+](=O)[O-])cc4C)o2)N3)C1. The summed E-state index contributed by atoms with van der Waals surface area (Å²) in [6.07, 6.45) is -0.322. The number of aryl methyl sites for hydroxylation is 1. The maximum atomic E-state index is 13.0. The average Bonchev–Trinajstić information content (AvgIpc) is 3.43. The van der Waals surface area contributed by atoms with Gasteiger partial charge in [-0.1, -0.05) is 0 Å². The summed E-state index contributed by atoms with van der Waals surface area (Å²) in [7, 11) is 0. The number of furan rings is 1. The fourth-order valence-corrected chi connectivity index (χ4v) is 5.61. The second kappa shape index (κ2) is 8.49. The van der Waals surface area contributed by atoms with E-state index in [1.54, 1.807) is 36.9 Å². The zero-order valence-corrected chi connectivity index (χ0v) is 19.4. The topological polar surface area (TPSA) is 127 Å². The lowest BCUT2D eigenvalue weighted by Crippen LogP contribution is -2.39. The fraction of sp³-hybridized carbons (Fsp3) is 0.304. The Balaban J connectivity index is 1.38. The van der Waals surface area contributed by atoms with Gasteiger partial charge in [0.25, 0.3) is 11.6 Å². The van der Waals surface area contributed by atoms with Crippen molar-refractivity contribution in [2.45, 2.75) is 33.0 Å². The molecule has 0 radical (unpaired) electrons. The predicted octanol–water partition coefficient (Wildman–Crippen LogP) is 4.59. The molecule has 2 amide bonds. The third-order valence-electron chi connectivity index (χ3n) is 5.96. The van der Waals surface area contributed by atoms with Gasteiger partial charge in [0.2, 0.25) is 0 Å². The van der Waals surface area contributed by atoms with Crippen molar-refractivity contribution < 1.29 is 23.7 Å². The van der Waals surface area contributed by atoms with Crippen LogP contribution < -0.4 is 10.6 Å². The van der Waals surface area contributed by atoms with Gasteiger partial charge in [0.05, 0.1) is 23.6 Å². The lowest BCUT2D eigenvalue weighted by Gasteiger charge is -2.27. The summed E-state index contributed by atoms with van der Waals surface area (Å²) in [5, 5.41) is 18.0. The van der Waals surface area contributed by atoms with Gasteiger partial charge >= 0.3 is 6.09 Å². The Morgan fingerprint density at radius 1 is 1.32 bits per heavy atom. The number of benzene rings is 1. The number of hydrogen-bond donors (Lipinski definition) is 2. The monoisotopic (exact) mass is 482 g/mol. The molecule has 0 saturated heterocycles. The van der Waals surface area contributed by atoms with E-state index < -0.39 is 11.1 Å². The van der Waals surface area contributed by atoms with Crippen LogP contribution in [0.2, 0.25) is 0 Å². The molecule has 4 heterocycles. The van der Waals surface area contributed by atoms with Gasteiger partial charge in [-0.15, -0.1) is 11.3 Å². The highest BCUT2D eigenvalue weighted by Crippen LogP contribution is 2.41. The quantitative estimate of drug-likeness (QED) is 0.411. The highest BCUT2D eigenvalue weighted by atomic mass is 32.1. The van der Waals surface area contributed by atoms with Crippen LogP contribution in [0.25, 0.3) is 11.3 Å². The molecule has 10 nitrogen and oxygen atoms in total. The number of anilines is 1. The predicted molar refractivity (Wildman–Crippen MR) is 125 cm³/mol. The second-order valence-corrected chi connectivity index (χ2v) is 9.19. The molecular formula is C23H22N4O6S. The number of rotatable bonds is 4. The van der Waals surface area contributed by atoms with Crippen molar-refractivity contribution in [1.82, 2.24) is 10.2 Å². The largest absolute Gasteiger partial charge is 0.457 e. The number of nitrogens with zero attached hydrogens (tertiary/aromatic N) is 2. The molecule has 2 N–H and O–H groups in total. The summed E-state index contributed by atoms with van der Waals surface area (Å²) in [6.45, 7) is 4.79. The van der Waals surface area contributed by atoms with Gasteiger partial charge in [0.1, 0.15) is 16.5 Å². The number of nitrogens with one attached hydrogen (secondary N) is 2. The average molecular weight is 483 g/mol. The molecule has 1 atom stereocenters. The van der Waals surface area contributed by atoms with Crippen LogP contribution in [-0.2, 0) is 17.7 Å². The Labute approximate surface area is 198 Å². The first-order valence-corrected chi connectivity index (χ1v) is 11.7. The second-order valence-electron chi connectivity index (χ2n) is 8.09. The first-order valence-electron chi connectivity index (χ1n) is 10.8. The maximum absolute atomic E-state index is 13.0. The molecule has 1 aromatic carbocycles. The van der Waals surface area contributed by atoms with Crippen molar-refractivity contribution in [3.8, 4) is 11.3 Å². The third kappa shape index (κ3) is 3.77. The van der Waals surface area contributed by atoms with E-state index in [2.05, 4.69) is 10.6 Å². The van der Waals surface area contributed by atoms with Crippen LogP contribution in [0.15, 0.2) is 34.7 Å². The van der Waals surface area contributed by atoms with E-state index in [0.717, 1.165) is 26.6 Å². The van der Waals surface area contributed by atoms with Gasteiger partial charge in [-0.05, 0) is 49.6 Å². The molecule has 176 valence electrons. The molecule has 0 spiro atoms. The summed E-state index contributed by atoms with van der Waals surface area (Å²) in [4.78, 5) is 38.3. The van der Waals surface area contributed by atoms with E-state index in [-0.39, 0.29) is 17.7 Å². The van der Waals surface area contributed by atoms with Gasteiger partial charge in [0, 0.05) is 29.1 Å².